The Morgan fingerprint density at radius 1 is 1.60 bits per heavy atom. The zero-order valence-electron chi connectivity index (χ0n) is 9.24. The molecule has 1 aliphatic heterocycles. The molecule has 0 bridgehead atoms. The highest BCUT2D eigenvalue weighted by atomic mass is 16.5. The average Bonchev–Trinajstić information content (AvgIpc) is 2.90. The van der Waals surface area contributed by atoms with Gasteiger partial charge in [0, 0.05) is 19.1 Å². The van der Waals surface area contributed by atoms with Gasteiger partial charge in [0.15, 0.2) is 0 Å². The number of ether oxygens (including phenoxy) is 1. The summed E-state index contributed by atoms with van der Waals surface area (Å²) in [7, 11) is 2.03. The first kappa shape index (κ1) is 10.7. The largest absolute Gasteiger partial charge is 0.469 e. The second kappa shape index (κ2) is 5.33. The third-order valence-electron chi connectivity index (χ3n) is 3.19. The van der Waals surface area contributed by atoms with Crippen molar-refractivity contribution in [2.45, 2.75) is 25.3 Å². The lowest BCUT2D eigenvalue weighted by molar-refractivity contribution is 0.176. The van der Waals surface area contributed by atoms with E-state index in [1.807, 2.05) is 19.2 Å². The van der Waals surface area contributed by atoms with Gasteiger partial charge in [-0.05, 0) is 37.9 Å². The molecule has 15 heavy (non-hydrogen) atoms. The maximum absolute atomic E-state index is 5.41. The van der Waals surface area contributed by atoms with Crippen molar-refractivity contribution >= 4 is 0 Å². The lowest BCUT2D eigenvalue weighted by atomic mass is 9.94. The van der Waals surface area contributed by atoms with Crippen LogP contribution >= 0.6 is 0 Å². The molecule has 1 N–H and O–H groups in total. The number of nitrogens with one attached hydrogen (secondary N) is 1. The van der Waals surface area contributed by atoms with Gasteiger partial charge in [-0.1, -0.05) is 0 Å². The van der Waals surface area contributed by atoms with Gasteiger partial charge >= 0.3 is 0 Å². The number of hydrogen-bond acceptors (Lipinski definition) is 3. The normalized spacial score (nSPS) is 23.1. The number of hydrogen-bond donors (Lipinski definition) is 1. The third-order valence-corrected chi connectivity index (χ3v) is 3.19. The van der Waals surface area contributed by atoms with E-state index >= 15 is 0 Å². The van der Waals surface area contributed by atoms with E-state index in [4.69, 9.17) is 9.15 Å². The summed E-state index contributed by atoms with van der Waals surface area (Å²) in [6.07, 6.45) is 5.05. The molecule has 1 aliphatic rings. The summed E-state index contributed by atoms with van der Waals surface area (Å²) in [6, 6.07) is 4.54. The number of rotatable bonds is 5. The predicted molar refractivity (Wildman–Crippen MR) is 58.8 cm³/mol. The van der Waals surface area contributed by atoms with Crippen LogP contribution < -0.4 is 5.32 Å². The summed E-state index contributed by atoms with van der Waals surface area (Å²) in [6.45, 7) is 1.83. The Hall–Kier alpha value is -0.800. The smallest absolute Gasteiger partial charge is 0.103 e. The zero-order chi connectivity index (χ0) is 10.5. The molecule has 0 aliphatic carbocycles. The van der Waals surface area contributed by atoms with Crippen LogP contribution in [0, 0.1) is 5.92 Å². The molecule has 0 amide bonds. The fourth-order valence-electron chi connectivity index (χ4n) is 2.24. The van der Waals surface area contributed by atoms with E-state index in [1.54, 1.807) is 6.26 Å². The van der Waals surface area contributed by atoms with Crippen molar-refractivity contribution in [3.63, 3.8) is 0 Å². The van der Waals surface area contributed by atoms with Crippen LogP contribution in [-0.4, -0.2) is 26.3 Å². The van der Waals surface area contributed by atoms with Gasteiger partial charge in [-0.15, -0.1) is 0 Å². The molecule has 2 unspecified atom stereocenters. The topological polar surface area (TPSA) is 34.4 Å². The van der Waals surface area contributed by atoms with E-state index in [0.29, 0.717) is 12.0 Å². The van der Waals surface area contributed by atoms with Gasteiger partial charge < -0.3 is 14.5 Å². The van der Waals surface area contributed by atoms with Crippen LogP contribution in [0.1, 0.15) is 18.6 Å². The van der Waals surface area contributed by atoms with Gasteiger partial charge in [0.25, 0.3) is 0 Å². The minimum atomic E-state index is 0.553. The SMILES string of the molecule is CNC(CCc1ccco1)C1CCOC1. The first-order valence-electron chi connectivity index (χ1n) is 5.67. The molecule has 1 aromatic heterocycles. The van der Waals surface area contributed by atoms with Crippen molar-refractivity contribution in [2.24, 2.45) is 5.92 Å². The van der Waals surface area contributed by atoms with E-state index in [1.165, 1.54) is 6.42 Å². The van der Waals surface area contributed by atoms with Crippen molar-refractivity contribution in [2.75, 3.05) is 20.3 Å². The zero-order valence-corrected chi connectivity index (χ0v) is 9.24. The van der Waals surface area contributed by atoms with Crippen molar-refractivity contribution < 1.29 is 9.15 Å². The molecule has 84 valence electrons. The molecule has 2 atom stereocenters. The van der Waals surface area contributed by atoms with E-state index < -0.39 is 0 Å². The van der Waals surface area contributed by atoms with Gasteiger partial charge in [-0.25, -0.2) is 0 Å². The molecule has 0 spiro atoms. The Balaban J connectivity index is 1.80. The Bertz CT molecular complexity index is 265. The third kappa shape index (κ3) is 2.83. The molecular weight excluding hydrogens is 190 g/mol. The summed E-state index contributed by atoms with van der Waals surface area (Å²) in [5, 5.41) is 3.38. The van der Waals surface area contributed by atoms with Gasteiger partial charge in [-0.2, -0.15) is 0 Å². The van der Waals surface area contributed by atoms with Crippen LogP contribution in [0.2, 0.25) is 0 Å². The maximum atomic E-state index is 5.41. The molecule has 1 aromatic rings. The fourth-order valence-corrected chi connectivity index (χ4v) is 2.24. The Morgan fingerprint density at radius 3 is 3.13 bits per heavy atom. The molecule has 0 saturated carbocycles. The van der Waals surface area contributed by atoms with Crippen molar-refractivity contribution in [1.29, 1.82) is 0 Å². The van der Waals surface area contributed by atoms with Crippen LogP contribution in [0.15, 0.2) is 22.8 Å². The van der Waals surface area contributed by atoms with Gasteiger partial charge in [0.2, 0.25) is 0 Å². The molecule has 2 heterocycles. The predicted octanol–water partition coefficient (Wildman–Crippen LogP) is 1.84. The lowest BCUT2D eigenvalue weighted by Gasteiger charge is -2.21. The fraction of sp³-hybridized carbons (Fsp3) is 0.667. The number of furan rings is 1. The first-order chi connectivity index (χ1) is 7.40. The molecular formula is C12H19NO2. The van der Waals surface area contributed by atoms with E-state index in [0.717, 1.165) is 31.8 Å². The monoisotopic (exact) mass is 209 g/mol. The standard InChI is InChI=1S/C12H19NO2/c1-13-12(10-6-8-14-9-10)5-4-11-3-2-7-15-11/h2-3,7,10,12-13H,4-6,8-9H2,1H3. The highest BCUT2D eigenvalue weighted by molar-refractivity contribution is 4.99. The Kier molecular flexibility index (Phi) is 3.80. The second-order valence-electron chi connectivity index (χ2n) is 4.14. The van der Waals surface area contributed by atoms with E-state index in [2.05, 4.69) is 5.32 Å². The van der Waals surface area contributed by atoms with Gasteiger partial charge in [-0.3, -0.25) is 0 Å². The molecule has 1 fully saturated rings. The summed E-state index contributed by atoms with van der Waals surface area (Å²) < 4.78 is 10.7. The average molecular weight is 209 g/mol. The Morgan fingerprint density at radius 2 is 2.53 bits per heavy atom. The number of aryl methyl sites for hydroxylation is 1. The highest BCUT2D eigenvalue weighted by Gasteiger charge is 2.24. The quantitative estimate of drug-likeness (QED) is 0.803. The van der Waals surface area contributed by atoms with Crippen molar-refractivity contribution in [3.8, 4) is 0 Å². The van der Waals surface area contributed by atoms with Crippen LogP contribution in [0.4, 0.5) is 0 Å². The Labute approximate surface area is 90.8 Å². The van der Waals surface area contributed by atoms with Gasteiger partial charge in [0.05, 0.1) is 12.9 Å². The minimum absolute atomic E-state index is 0.553. The molecule has 0 aromatic carbocycles. The summed E-state index contributed by atoms with van der Waals surface area (Å²) in [5.74, 6) is 1.75. The first-order valence-corrected chi connectivity index (χ1v) is 5.67. The highest BCUT2D eigenvalue weighted by Crippen LogP contribution is 2.20. The maximum Gasteiger partial charge on any atom is 0.103 e. The minimum Gasteiger partial charge on any atom is -0.469 e. The molecule has 3 nitrogen and oxygen atoms in total. The molecule has 1 saturated heterocycles. The molecule has 0 radical (unpaired) electrons. The van der Waals surface area contributed by atoms with Crippen molar-refractivity contribution in [1.82, 2.24) is 5.32 Å². The van der Waals surface area contributed by atoms with Crippen LogP contribution in [0.5, 0.6) is 0 Å². The molecule has 3 heteroatoms. The summed E-state index contributed by atoms with van der Waals surface area (Å²) in [4.78, 5) is 0. The van der Waals surface area contributed by atoms with Crippen LogP contribution in [0.25, 0.3) is 0 Å². The summed E-state index contributed by atoms with van der Waals surface area (Å²) in [5.41, 5.74) is 0. The summed E-state index contributed by atoms with van der Waals surface area (Å²) >= 11 is 0. The van der Waals surface area contributed by atoms with Crippen LogP contribution in [-0.2, 0) is 11.2 Å². The molecule has 2 rings (SSSR count). The van der Waals surface area contributed by atoms with E-state index in [9.17, 15) is 0 Å². The van der Waals surface area contributed by atoms with Gasteiger partial charge in [0.1, 0.15) is 5.76 Å². The van der Waals surface area contributed by atoms with E-state index in [-0.39, 0.29) is 0 Å². The van der Waals surface area contributed by atoms with Crippen molar-refractivity contribution in [3.05, 3.63) is 24.2 Å². The lowest BCUT2D eigenvalue weighted by Crippen LogP contribution is -2.34. The van der Waals surface area contributed by atoms with Crippen LogP contribution in [0.3, 0.4) is 0 Å². The second-order valence-corrected chi connectivity index (χ2v) is 4.14.